The van der Waals surface area contributed by atoms with Crippen LogP contribution in [0.5, 0.6) is 0 Å². The molecule has 0 aromatic heterocycles. The van der Waals surface area contributed by atoms with Gasteiger partial charge in [-0.25, -0.2) is 9.98 Å². The Morgan fingerprint density at radius 1 is 0.742 bits per heavy atom. The molecule has 0 bridgehead atoms. The van der Waals surface area contributed by atoms with Gasteiger partial charge in [0.1, 0.15) is 18.6 Å². The summed E-state index contributed by atoms with van der Waals surface area (Å²) in [4.78, 5) is 9.97. The molecule has 0 saturated heterocycles. The summed E-state index contributed by atoms with van der Waals surface area (Å²) in [6, 6.07) is 21.0. The highest BCUT2D eigenvalue weighted by molar-refractivity contribution is 6.06. The molecule has 0 aliphatic carbocycles. The van der Waals surface area contributed by atoms with Gasteiger partial charge < -0.3 is 9.47 Å². The molecule has 2 aliphatic heterocycles. The lowest BCUT2D eigenvalue weighted by molar-refractivity contribution is 0.251. The van der Waals surface area contributed by atoms with E-state index in [1.165, 1.54) is 11.1 Å². The molecule has 0 unspecified atom stereocenters. The van der Waals surface area contributed by atoms with E-state index < -0.39 is 5.41 Å². The van der Waals surface area contributed by atoms with Gasteiger partial charge in [0.25, 0.3) is 0 Å². The topological polar surface area (TPSA) is 43.2 Å². The van der Waals surface area contributed by atoms with Crippen LogP contribution in [0.3, 0.4) is 0 Å². The minimum Gasteiger partial charge on any atom is -0.478 e. The monoisotopic (exact) mass is 414 g/mol. The normalized spacial score (nSPS) is 20.4. The summed E-state index contributed by atoms with van der Waals surface area (Å²) in [6.45, 7) is 9.12. The number of nitrogens with zero attached hydrogens (tertiary/aromatic N) is 2. The first-order valence-corrected chi connectivity index (χ1v) is 11.0. The van der Waals surface area contributed by atoms with Gasteiger partial charge in [0, 0.05) is 0 Å². The van der Waals surface area contributed by atoms with E-state index >= 15 is 0 Å². The molecule has 0 spiro atoms. The fourth-order valence-electron chi connectivity index (χ4n) is 4.35. The highest BCUT2D eigenvalue weighted by Gasteiger charge is 2.47. The SMILES string of the molecule is C=CCC(CC=C)(C1=N[C@@H](Cc2ccccc2)CO1)C1=N[C@@H](Cc2ccccc2)CO1. The average Bonchev–Trinajstić information content (AvgIpc) is 3.45. The molecule has 0 radical (unpaired) electrons. The molecule has 2 heterocycles. The van der Waals surface area contributed by atoms with Gasteiger partial charge in [-0.2, -0.15) is 0 Å². The van der Waals surface area contributed by atoms with E-state index in [9.17, 15) is 0 Å². The minimum atomic E-state index is -0.569. The molecule has 4 heteroatoms. The van der Waals surface area contributed by atoms with Crippen molar-refractivity contribution in [2.45, 2.75) is 37.8 Å². The van der Waals surface area contributed by atoms with Crippen LogP contribution in [0.15, 0.2) is 96.0 Å². The summed E-state index contributed by atoms with van der Waals surface area (Å²) in [5.41, 5.74) is 1.95. The summed E-state index contributed by atoms with van der Waals surface area (Å²) >= 11 is 0. The zero-order valence-corrected chi connectivity index (χ0v) is 18.0. The van der Waals surface area contributed by atoms with Gasteiger partial charge in [-0.3, -0.25) is 0 Å². The lowest BCUT2D eigenvalue weighted by Crippen LogP contribution is -2.39. The molecule has 2 aromatic carbocycles. The van der Waals surface area contributed by atoms with E-state index in [1.807, 2.05) is 24.3 Å². The molecule has 0 fully saturated rings. The summed E-state index contributed by atoms with van der Waals surface area (Å²) in [6.07, 6.45) is 6.80. The van der Waals surface area contributed by atoms with Crippen LogP contribution < -0.4 is 0 Å². The molecular weight excluding hydrogens is 384 g/mol. The van der Waals surface area contributed by atoms with Crippen LogP contribution in [0.1, 0.15) is 24.0 Å². The van der Waals surface area contributed by atoms with Crippen LogP contribution in [0.25, 0.3) is 0 Å². The van der Waals surface area contributed by atoms with Crippen molar-refractivity contribution in [2.24, 2.45) is 15.4 Å². The molecule has 0 N–H and O–H groups in total. The van der Waals surface area contributed by atoms with E-state index in [-0.39, 0.29) is 12.1 Å². The Morgan fingerprint density at radius 2 is 1.16 bits per heavy atom. The Balaban J connectivity index is 1.58. The molecular formula is C27H30N2O2. The van der Waals surface area contributed by atoms with Crippen molar-refractivity contribution >= 4 is 11.8 Å². The third-order valence-electron chi connectivity index (χ3n) is 5.86. The molecule has 0 amide bonds. The third-order valence-corrected chi connectivity index (χ3v) is 5.86. The van der Waals surface area contributed by atoms with E-state index in [0.29, 0.717) is 37.9 Å². The van der Waals surface area contributed by atoms with Crippen LogP contribution in [0.4, 0.5) is 0 Å². The number of hydrogen-bond donors (Lipinski definition) is 0. The fraction of sp³-hybridized carbons (Fsp3) is 0.333. The maximum absolute atomic E-state index is 6.17. The second kappa shape index (κ2) is 9.78. The summed E-state index contributed by atoms with van der Waals surface area (Å²) in [7, 11) is 0. The second-order valence-electron chi connectivity index (χ2n) is 8.25. The lowest BCUT2D eigenvalue weighted by atomic mass is 9.80. The molecule has 31 heavy (non-hydrogen) atoms. The average molecular weight is 415 g/mol. The van der Waals surface area contributed by atoms with Gasteiger partial charge in [-0.15, -0.1) is 13.2 Å². The first kappa shape index (κ1) is 21.1. The Morgan fingerprint density at radius 3 is 1.55 bits per heavy atom. The van der Waals surface area contributed by atoms with Crippen LogP contribution in [-0.2, 0) is 22.3 Å². The van der Waals surface area contributed by atoms with E-state index in [2.05, 4.69) is 61.7 Å². The van der Waals surface area contributed by atoms with Gasteiger partial charge in [-0.1, -0.05) is 72.8 Å². The quantitative estimate of drug-likeness (QED) is 0.501. The van der Waals surface area contributed by atoms with Crippen molar-refractivity contribution in [3.05, 3.63) is 97.1 Å². The van der Waals surface area contributed by atoms with Gasteiger partial charge in [0.2, 0.25) is 0 Å². The summed E-state index contributed by atoms with van der Waals surface area (Å²) in [5.74, 6) is 1.40. The Kier molecular flexibility index (Phi) is 6.66. The Bertz CT molecular complexity index is 870. The standard InChI is InChI=1S/C27H30N2O2/c1-3-15-27(16-4-2,25-28-23(19-30-25)17-21-11-7-5-8-12-21)26-29-24(20-31-26)18-22-13-9-6-10-14-22/h3-14,23-24H,1-2,15-20H2/t23-,24-/m0/s1. The van der Waals surface area contributed by atoms with Crippen LogP contribution >= 0.6 is 0 Å². The molecule has 0 saturated carbocycles. The van der Waals surface area contributed by atoms with Gasteiger partial charge in [0.15, 0.2) is 11.8 Å². The molecule has 160 valence electrons. The Hall–Kier alpha value is -3.14. The third kappa shape index (κ3) is 4.79. The molecule has 2 aromatic rings. The van der Waals surface area contributed by atoms with E-state index in [4.69, 9.17) is 19.5 Å². The molecule has 2 aliphatic rings. The maximum Gasteiger partial charge on any atom is 0.200 e. The van der Waals surface area contributed by atoms with Gasteiger partial charge in [-0.05, 0) is 36.8 Å². The number of aliphatic imine (C=N–C) groups is 2. The van der Waals surface area contributed by atoms with Crippen molar-refractivity contribution in [3.63, 3.8) is 0 Å². The van der Waals surface area contributed by atoms with Crippen molar-refractivity contribution in [3.8, 4) is 0 Å². The predicted octanol–water partition coefficient (Wildman–Crippen LogP) is 5.21. The smallest absolute Gasteiger partial charge is 0.200 e. The fourth-order valence-corrected chi connectivity index (χ4v) is 4.35. The Labute approximate surface area is 185 Å². The molecule has 2 atom stereocenters. The lowest BCUT2D eigenvalue weighted by Gasteiger charge is -2.30. The van der Waals surface area contributed by atoms with Crippen molar-refractivity contribution in [1.29, 1.82) is 0 Å². The first-order valence-electron chi connectivity index (χ1n) is 11.0. The first-order chi connectivity index (χ1) is 15.2. The highest BCUT2D eigenvalue weighted by Crippen LogP contribution is 2.38. The zero-order chi connectivity index (χ0) is 21.5. The zero-order valence-electron chi connectivity index (χ0n) is 18.0. The summed E-state index contributed by atoms with van der Waals surface area (Å²) in [5, 5.41) is 0. The number of benzene rings is 2. The van der Waals surface area contributed by atoms with Crippen LogP contribution in [-0.4, -0.2) is 37.1 Å². The van der Waals surface area contributed by atoms with Crippen molar-refractivity contribution in [1.82, 2.24) is 0 Å². The van der Waals surface area contributed by atoms with Crippen molar-refractivity contribution in [2.75, 3.05) is 13.2 Å². The van der Waals surface area contributed by atoms with Gasteiger partial charge in [0.05, 0.1) is 12.1 Å². The van der Waals surface area contributed by atoms with Gasteiger partial charge >= 0.3 is 0 Å². The van der Waals surface area contributed by atoms with Crippen LogP contribution in [0.2, 0.25) is 0 Å². The van der Waals surface area contributed by atoms with E-state index in [1.54, 1.807) is 0 Å². The molecule has 4 nitrogen and oxygen atoms in total. The predicted molar refractivity (Wildman–Crippen MR) is 127 cm³/mol. The summed E-state index contributed by atoms with van der Waals surface area (Å²) < 4.78 is 12.3. The second-order valence-corrected chi connectivity index (χ2v) is 8.25. The van der Waals surface area contributed by atoms with Crippen LogP contribution in [0, 0.1) is 5.41 Å². The maximum atomic E-state index is 6.17. The largest absolute Gasteiger partial charge is 0.478 e. The van der Waals surface area contributed by atoms with Crippen molar-refractivity contribution < 1.29 is 9.47 Å². The highest BCUT2D eigenvalue weighted by atomic mass is 16.5. The number of hydrogen-bond acceptors (Lipinski definition) is 4. The van der Waals surface area contributed by atoms with E-state index in [0.717, 1.165) is 12.8 Å². The molecule has 4 rings (SSSR count). The number of rotatable bonds is 10. The number of ether oxygens (including phenoxy) is 2. The minimum absolute atomic E-state index is 0.0912. The number of allylic oxidation sites excluding steroid dienone is 2.